The molecule has 4 aromatic rings. The smallest absolute Gasteiger partial charge is 0.264 e. The number of piperidine rings is 1. The molecule has 0 atom stereocenters. The highest BCUT2D eigenvalue weighted by molar-refractivity contribution is 7.92. The molecule has 11 heteroatoms. The third-order valence-electron chi connectivity index (χ3n) is 11.1. The lowest BCUT2D eigenvalue weighted by molar-refractivity contribution is -0.136. The van der Waals surface area contributed by atoms with E-state index in [4.69, 9.17) is 4.74 Å². The van der Waals surface area contributed by atoms with Gasteiger partial charge in [0, 0.05) is 42.2 Å². The third kappa shape index (κ3) is 5.91. The number of anilines is 1. The van der Waals surface area contributed by atoms with Gasteiger partial charge in [0.05, 0.1) is 22.6 Å². The minimum absolute atomic E-state index is 0.0790. The molecule has 4 aliphatic rings. The quantitative estimate of drug-likeness (QED) is 0.290. The zero-order valence-corrected chi connectivity index (χ0v) is 29.2. The minimum Gasteiger partial charge on any atom is -0.477 e. The summed E-state index contributed by atoms with van der Waals surface area (Å²) in [5.41, 5.74) is 6.61. The number of nitrogens with zero attached hydrogens (tertiary/aromatic N) is 3. The number of nitrogens with one attached hydrogen (secondary N) is 2. The van der Waals surface area contributed by atoms with Crippen LogP contribution in [0.15, 0.2) is 71.6 Å². The zero-order valence-electron chi connectivity index (χ0n) is 28.4. The van der Waals surface area contributed by atoms with Crippen LogP contribution in [0, 0.1) is 19.3 Å². The number of rotatable bonds is 3. The maximum absolute atomic E-state index is 14.1. The van der Waals surface area contributed by atoms with Crippen LogP contribution in [-0.2, 0) is 33.1 Å². The van der Waals surface area contributed by atoms with Crippen molar-refractivity contribution >= 4 is 27.8 Å². The number of amides is 2. The number of aryl methyl sites for hydroxylation is 4. The summed E-state index contributed by atoms with van der Waals surface area (Å²) in [6, 6.07) is 20.3. The highest BCUT2D eigenvalue weighted by Crippen LogP contribution is 2.51. The molecule has 1 saturated heterocycles. The Hall–Kier alpha value is -4.77. The summed E-state index contributed by atoms with van der Waals surface area (Å²) in [4.78, 5) is 38.6. The van der Waals surface area contributed by atoms with Gasteiger partial charge < -0.3 is 15.0 Å². The van der Waals surface area contributed by atoms with Crippen LogP contribution in [-0.4, -0.2) is 61.3 Å². The van der Waals surface area contributed by atoms with Gasteiger partial charge in [-0.15, -0.1) is 0 Å². The molecule has 10 nitrogen and oxygen atoms in total. The van der Waals surface area contributed by atoms with Gasteiger partial charge in [-0.05, 0) is 105 Å². The number of hydrogen-bond acceptors (Lipinski definition) is 7. The summed E-state index contributed by atoms with van der Waals surface area (Å²) in [7, 11) is -4.13. The summed E-state index contributed by atoms with van der Waals surface area (Å²) < 4.78 is 35.9. The average molecular weight is 692 g/mol. The van der Waals surface area contributed by atoms with E-state index in [2.05, 4.69) is 38.2 Å². The van der Waals surface area contributed by atoms with Crippen molar-refractivity contribution in [3.8, 4) is 17.1 Å². The lowest BCUT2D eigenvalue weighted by Gasteiger charge is -2.42. The zero-order chi connectivity index (χ0) is 34.7. The standard InChI is InChI=1S/C39H41N5O5S/c1-25-6-3-7-26(2)34(25)32-22-33-42-37(41-32)43-50(47,48)31-11-5-10-29(21-31)35(45)40-23-38(24-49-33)16-18-44(19-17-38)36(46)39(14-15-39)30-13-12-27-8-4-9-28(27)20-30/h3,5-7,10-13,20-22H,4,8-9,14-19,23-24H2,1-2H3,(H,40,45)(H,41,42,43). The van der Waals surface area contributed by atoms with Gasteiger partial charge in [0.25, 0.3) is 15.9 Å². The highest BCUT2D eigenvalue weighted by Gasteiger charge is 2.54. The number of carbonyl (C=O) groups is 2. The summed E-state index contributed by atoms with van der Waals surface area (Å²) in [5, 5.41) is 3.06. The van der Waals surface area contributed by atoms with Gasteiger partial charge in [0.2, 0.25) is 17.7 Å². The molecule has 258 valence electrons. The Morgan fingerprint density at radius 3 is 2.38 bits per heavy atom. The maximum Gasteiger partial charge on any atom is 0.264 e. The summed E-state index contributed by atoms with van der Waals surface area (Å²) in [6.07, 6.45) is 6.35. The van der Waals surface area contributed by atoms with E-state index in [1.54, 1.807) is 18.2 Å². The first-order chi connectivity index (χ1) is 24.0. The van der Waals surface area contributed by atoms with Gasteiger partial charge in [0.15, 0.2) is 0 Å². The van der Waals surface area contributed by atoms with E-state index in [0.717, 1.165) is 47.9 Å². The fourth-order valence-corrected chi connectivity index (χ4v) is 8.94. The van der Waals surface area contributed by atoms with E-state index in [0.29, 0.717) is 38.2 Å². The molecule has 0 unspecified atom stereocenters. The summed E-state index contributed by atoms with van der Waals surface area (Å²) >= 11 is 0. The van der Waals surface area contributed by atoms with Gasteiger partial charge >= 0.3 is 0 Å². The van der Waals surface area contributed by atoms with Crippen molar-refractivity contribution < 1.29 is 22.7 Å². The van der Waals surface area contributed by atoms with E-state index in [9.17, 15) is 18.0 Å². The van der Waals surface area contributed by atoms with Crippen molar-refractivity contribution in [3.63, 3.8) is 0 Å². The van der Waals surface area contributed by atoms with Crippen molar-refractivity contribution in [2.24, 2.45) is 5.41 Å². The Kier molecular flexibility index (Phi) is 7.93. The Balaban J connectivity index is 1.10. The molecule has 3 heterocycles. The molecule has 2 amide bonds. The number of aromatic nitrogens is 2. The first kappa shape index (κ1) is 32.4. The van der Waals surface area contributed by atoms with Crippen LogP contribution in [0.2, 0.25) is 0 Å². The fourth-order valence-electron chi connectivity index (χ4n) is 7.95. The second-order valence-corrected chi connectivity index (χ2v) is 16.2. The Labute approximate surface area is 292 Å². The summed E-state index contributed by atoms with van der Waals surface area (Å²) in [5.74, 6) is -0.0849. The van der Waals surface area contributed by atoms with E-state index >= 15 is 0 Å². The molecule has 2 fully saturated rings. The van der Waals surface area contributed by atoms with Crippen molar-refractivity contribution in [3.05, 3.63) is 100 Å². The molecule has 0 radical (unpaired) electrons. The molecule has 1 spiro atoms. The predicted molar refractivity (Wildman–Crippen MR) is 190 cm³/mol. The molecule has 3 aromatic carbocycles. The second-order valence-electron chi connectivity index (χ2n) is 14.5. The molecule has 1 aromatic heterocycles. The lowest BCUT2D eigenvalue weighted by atomic mass is 9.78. The second kappa shape index (κ2) is 12.2. The largest absolute Gasteiger partial charge is 0.477 e. The first-order valence-corrected chi connectivity index (χ1v) is 18.9. The molecular formula is C39H41N5O5S. The summed E-state index contributed by atoms with van der Waals surface area (Å²) in [6.45, 7) is 5.55. The number of sulfonamides is 1. The number of carbonyl (C=O) groups excluding carboxylic acids is 2. The normalized spacial score (nSPS) is 20.1. The van der Waals surface area contributed by atoms with E-state index < -0.39 is 20.9 Å². The fraction of sp³-hybridized carbons (Fsp3) is 0.385. The maximum atomic E-state index is 14.1. The van der Waals surface area contributed by atoms with Crippen molar-refractivity contribution in [1.29, 1.82) is 0 Å². The number of ether oxygens (including phenoxy) is 1. The van der Waals surface area contributed by atoms with Crippen LogP contribution < -0.4 is 14.8 Å². The number of fused-ring (bicyclic) bond motifs is 5. The van der Waals surface area contributed by atoms with Crippen LogP contribution in [0.5, 0.6) is 5.88 Å². The van der Waals surface area contributed by atoms with Gasteiger partial charge in [-0.1, -0.05) is 42.5 Å². The van der Waals surface area contributed by atoms with Gasteiger partial charge in [-0.25, -0.2) is 18.1 Å². The molecule has 50 heavy (non-hydrogen) atoms. The molecule has 2 aliphatic heterocycles. The molecule has 2 aliphatic carbocycles. The van der Waals surface area contributed by atoms with Gasteiger partial charge in [0.1, 0.15) is 0 Å². The third-order valence-corrected chi connectivity index (χ3v) is 12.5. The van der Waals surface area contributed by atoms with E-state index in [-0.39, 0.29) is 40.7 Å². The number of benzene rings is 3. The Bertz CT molecular complexity index is 2120. The van der Waals surface area contributed by atoms with E-state index in [1.165, 1.54) is 29.7 Å². The van der Waals surface area contributed by atoms with Gasteiger partial charge in [-0.2, -0.15) is 4.98 Å². The van der Waals surface area contributed by atoms with Crippen LogP contribution in [0.1, 0.15) is 70.3 Å². The van der Waals surface area contributed by atoms with Crippen LogP contribution in [0.25, 0.3) is 11.3 Å². The topological polar surface area (TPSA) is 131 Å². The van der Waals surface area contributed by atoms with Crippen molar-refractivity contribution in [2.75, 3.05) is 31.0 Å². The average Bonchev–Trinajstić information content (AvgIpc) is 3.79. The molecule has 4 bridgehead atoms. The van der Waals surface area contributed by atoms with Crippen molar-refractivity contribution in [2.45, 2.75) is 69.1 Å². The molecule has 2 N–H and O–H groups in total. The number of likely N-dealkylation sites (tertiary alicyclic amines) is 1. The Morgan fingerprint density at radius 1 is 0.880 bits per heavy atom. The SMILES string of the molecule is Cc1cccc(C)c1-c1cc2nc(n1)NS(=O)(=O)c1cccc(c1)C(=O)NCC1(CCN(C(=O)C3(c4ccc5c(c4)CCC5)CC3)CC1)CO2. The van der Waals surface area contributed by atoms with Crippen LogP contribution in [0.4, 0.5) is 5.95 Å². The molecule has 1 saturated carbocycles. The van der Waals surface area contributed by atoms with Gasteiger partial charge in [-0.3, -0.25) is 9.59 Å². The Morgan fingerprint density at radius 2 is 1.62 bits per heavy atom. The molecular weight excluding hydrogens is 651 g/mol. The predicted octanol–water partition coefficient (Wildman–Crippen LogP) is 5.51. The molecule has 8 rings (SSSR count). The first-order valence-electron chi connectivity index (χ1n) is 17.5. The minimum atomic E-state index is -4.13. The highest BCUT2D eigenvalue weighted by atomic mass is 32.2. The number of hydrogen-bond donors (Lipinski definition) is 2. The van der Waals surface area contributed by atoms with E-state index in [1.807, 2.05) is 36.9 Å². The lowest BCUT2D eigenvalue weighted by Crippen LogP contribution is -2.52. The van der Waals surface area contributed by atoms with Crippen LogP contribution >= 0.6 is 0 Å². The van der Waals surface area contributed by atoms with Crippen molar-refractivity contribution in [1.82, 2.24) is 20.2 Å². The van der Waals surface area contributed by atoms with Crippen LogP contribution in [0.3, 0.4) is 0 Å². The monoisotopic (exact) mass is 691 g/mol.